The molecule has 4 N–H and O–H groups in total. The summed E-state index contributed by atoms with van der Waals surface area (Å²) >= 11 is 0. The summed E-state index contributed by atoms with van der Waals surface area (Å²) in [6.07, 6.45) is 2.75. The zero-order chi connectivity index (χ0) is 21.3. The van der Waals surface area contributed by atoms with E-state index in [4.69, 9.17) is 4.74 Å². The average Bonchev–Trinajstić information content (AvgIpc) is 3.16. The van der Waals surface area contributed by atoms with Crippen LogP contribution in [0, 0.1) is 0 Å². The van der Waals surface area contributed by atoms with E-state index in [1.165, 1.54) is 10.9 Å². The fourth-order valence-electron chi connectivity index (χ4n) is 3.41. The third kappa shape index (κ3) is 5.84. The van der Waals surface area contributed by atoms with Crippen LogP contribution < -0.4 is 20.3 Å². The molecule has 0 aliphatic carbocycles. The number of hydrogen-bond acceptors (Lipinski definition) is 3. The Morgan fingerprint density at radius 2 is 1.87 bits per heavy atom. The molecule has 0 saturated carbocycles. The predicted molar refractivity (Wildman–Crippen MR) is 118 cm³/mol. The van der Waals surface area contributed by atoms with Crippen molar-refractivity contribution < 1.29 is 19.2 Å². The van der Waals surface area contributed by atoms with Gasteiger partial charge in [-0.2, -0.15) is 0 Å². The molecule has 1 aromatic heterocycles. The summed E-state index contributed by atoms with van der Waals surface area (Å²) in [6, 6.07) is 15.3. The van der Waals surface area contributed by atoms with Gasteiger partial charge < -0.3 is 25.3 Å². The molecule has 0 fully saturated rings. The van der Waals surface area contributed by atoms with Gasteiger partial charge in [0.2, 0.25) is 0 Å². The summed E-state index contributed by atoms with van der Waals surface area (Å²) in [5.41, 5.74) is 2.96. The van der Waals surface area contributed by atoms with Gasteiger partial charge in [-0.3, -0.25) is 9.59 Å². The van der Waals surface area contributed by atoms with Crippen molar-refractivity contribution in [2.75, 3.05) is 38.6 Å². The van der Waals surface area contributed by atoms with E-state index >= 15 is 0 Å². The van der Waals surface area contributed by atoms with Crippen molar-refractivity contribution in [3.63, 3.8) is 0 Å². The van der Waals surface area contributed by atoms with Gasteiger partial charge in [0.25, 0.3) is 11.8 Å². The monoisotopic (exact) mass is 409 g/mol. The molecule has 0 aliphatic heterocycles. The van der Waals surface area contributed by atoms with Gasteiger partial charge >= 0.3 is 0 Å². The highest BCUT2D eigenvalue weighted by atomic mass is 16.5. The number of anilines is 1. The van der Waals surface area contributed by atoms with Crippen LogP contribution in [0.1, 0.15) is 12.5 Å². The minimum absolute atomic E-state index is 0.0547. The Balaban J connectivity index is 1.44. The molecule has 1 atom stereocenters. The molecule has 30 heavy (non-hydrogen) atoms. The number of aromatic amines is 1. The van der Waals surface area contributed by atoms with Crippen LogP contribution in [0.4, 0.5) is 5.69 Å². The maximum Gasteiger partial charge on any atom is 0.279 e. The van der Waals surface area contributed by atoms with Crippen molar-refractivity contribution in [3.8, 4) is 5.75 Å². The highest BCUT2D eigenvalue weighted by Crippen LogP contribution is 2.18. The largest absolute Gasteiger partial charge is 0.497 e. The number of H-pyrrole nitrogens is 1. The van der Waals surface area contributed by atoms with Crippen molar-refractivity contribution in [2.24, 2.45) is 0 Å². The van der Waals surface area contributed by atoms with Crippen molar-refractivity contribution in [1.82, 2.24) is 10.3 Å². The normalized spacial score (nSPS) is 11.8. The minimum Gasteiger partial charge on any atom is -0.497 e. The molecule has 2 amide bonds. The van der Waals surface area contributed by atoms with Gasteiger partial charge in [0.05, 0.1) is 13.7 Å². The number of hydrogen-bond donors (Lipinski definition) is 4. The van der Waals surface area contributed by atoms with Crippen molar-refractivity contribution in [1.29, 1.82) is 0 Å². The number of ether oxygens (including phenoxy) is 1. The topological polar surface area (TPSA) is 87.7 Å². The molecule has 0 bridgehead atoms. The maximum atomic E-state index is 12.3. The Morgan fingerprint density at radius 1 is 1.07 bits per heavy atom. The van der Waals surface area contributed by atoms with Crippen LogP contribution >= 0.6 is 0 Å². The minimum atomic E-state index is -0.133. The van der Waals surface area contributed by atoms with Crippen LogP contribution in [0.5, 0.6) is 5.75 Å². The molecular weight excluding hydrogens is 380 g/mol. The number of carbonyl (C=O) groups excluding carboxylic acids is 2. The Bertz CT molecular complexity index is 999. The van der Waals surface area contributed by atoms with Gasteiger partial charge in [-0.1, -0.05) is 24.3 Å². The van der Waals surface area contributed by atoms with E-state index in [2.05, 4.69) is 21.7 Å². The summed E-state index contributed by atoms with van der Waals surface area (Å²) < 4.78 is 5.17. The smallest absolute Gasteiger partial charge is 0.279 e. The Labute approximate surface area is 176 Å². The van der Waals surface area contributed by atoms with Crippen LogP contribution in [0.3, 0.4) is 0 Å². The summed E-state index contributed by atoms with van der Waals surface area (Å²) in [5, 5.41) is 7.01. The van der Waals surface area contributed by atoms with Crippen molar-refractivity contribution >= 4 is 28.4 Å². The zero-order valence-electron chi connectivity index (χ0n) is 17.5. The van der Waals surface area contributed by atoms with Crippen LogP contribution in [0.2, 0.25) is 0 Å². The van der Waals surface area contributed by atoms with Crippen molar-refractivity contribution in [3.05, 3.63) is 60.3 Å². The van der Waals surface area contributed by atoms with E-state index in [-0.39, 0.29) is 24.9 Å². The number of amides is 2. The van der Waals surface area contributed by atoms with Gasteiger partial charge in [0, 0.05) is 35.4 Å². The highest BCUT2D eigenvalue weighted by molar-refractivity contribution is 5.91. The number of para-hydroxylation sites is 1. The zero-order valence-corrected chi connectivity index (χ0v) is 17.5. The summed E-state index contributed by atoms with van der Waals surface area (Å²) in [7, 11) is 1.58. The summed E-state index contributed by atoms with van der Waals surface area (Å²) in [5.74, 6) is 0.495. The quantitative estimate of drug-likeness (QED) is 0.408. The predicted octanol–water partition coefficient (Wildman–Crippen LogP) is 1.38. The summed E-state index contributed by atoms with van der Waals surface area (Å²) in [4.78, 5) is 28.8. The first-order valence-electron chi connectivity index (χ1n) is 10.2. The van der Waals surface area contributed by atoms with Gasteiger partial charge in [-0.25, -0.2) is 0 Å². The second-order valence-corrected chi connectivity index (χ2v) is 7.20. The second kappa shape index (κ2) is 10.5. The number of fused-ring (bicyclic) bond motifs is 1. The third-order valence-electron chi connectivity index (χ3n) is 5.07. The molecule has 0 saturated heterocycles. The SMILES string of the molecule is CC[NH+](CC(=O)NCCc1c[nH]c2ccccc12)CC(=O)Nc1cccc(OC)c1. The molecule has 1 heterocycles. The first-order chi connectivity index (χ1) is 14.6. The van der Waals surface area contributed by atoms with Crippen LogP contribution in [-0.4, -0.2) is 50.1 Å². The van der Waals surface area contributed by atoms with Gasteiger partial charge in [0.15, 0.2) is 13.1 Å². The first kappa shape index (κ1) is 21.4. The molecular formula is C23H29N4O3+. The molecule has 7 heteroatoms. The summed E-state index contributed by atoms with van der Waals surface area (Å²) in [6.45, 7) is 3.70. The molecule has 7 nitrogen and oxygen atoms in total. The van der Waals surface area contributed by atoms with E-state index in [0.717, 1.165) is 16.8 Å². The number of methoxy groups -OCH3 is 1. The number of nitrogens with one attached hydrogen (secondary N) is 4. The standard InChI is InChI=1S/C23H28N4O3/c1-3-27(16-23(29)26-18-7-6-8-19(13-18)30-2)15-22(28)24-12-11-17-14-25-21-10-5-4-9-20(17)21/h4-10,13-14,25H,3,11-12,15-16H2,1-2H3,(H,24,28)(H,26,29)/p+1. The first-order valence-corrected chi connectivity index (χ1v) is 10.2. The van der Waals surface area contributed by atoms with Crippen LogP contribution in [0.25, 0.3) is 10.9 Å². The molecule has 2 aromatic carbocycles. The Hall–Kier alpha value is -3.32. The van der Waals surface area contributed by atoms with Gasteiger partial charge in [0.1, 0.15) is 5.75 Å². The highest BCUT2D eigenvalue weighted by Gasteiger charge is 2.17. The molecule has 0 aliphatic rings. The fourth-order valence-corrected chi connectivity index (χ4v) is 3.41. The van der Waals surface area contributed by atoms with Gasteiger partial charge in [-0.15, -0.1) is 0 Å². The fraction of sp³-hybridized carbons (Fsp3) is 0.304. The second-order valence-electron chi connectivity index (χ2n) is 7.20. The molecule has 0 spiro atoms. The lowest BCUT2D eigenvalue weighted by molar-refractivity contribution is -0.881. The number of benzene rings is 2. The van der Waals surface area contributed by atoms with E-state index in [1.54, 1.807) is 13.2 Å². The van der Waals surface area contributed by atoms with Gasteiger partial charge in [-0.05, 0) is 37.1 Å². The van der Waals surface area contributed by atoms with E-state index in [0.29, 0.717) is 24.5 Å². The third-order valence-corrected chi connectivity index (χ3v) is 5.07. The molecule has 3 aromatic rings. The maximum absolute atomic E-state index is 12.3. The average molecular weight is 410 g/mol. The number of aromatic nitrogens is 1. The molecule has 1 unspecified atom stereocenters. The number of quaternary nitrogens is 1. The Morgan fingerprint density at radius 3 is 2.67 bits per heavy atom. The van der Waals surface area contributed by atoms with E-state index in [9.17, 15) is 9.59 Å². The lowest BCUT2D eigenvalue weighted by Gasteiger charge is -2.17. The van der Waals surface area contributed by atoms with Crippen LogP contribution in [0.15, 0.2) is 54.7 Å². The molecule has 158 valence electrons. The lowest BCUT2D eigenvalue weighted by Crippen LogP contribution is -3.14. The molecule has 3 rings (SSSR count). The Kier molecular flexibility index (Phi) is 7.45. The van der Waals surface area contributed by atoms with Crippen molar-refractivity contribution in [2.45, 2.75) is 13.3 Å². The molecule has 0 radical (unpaired) electrons. The van der Waals surface area contributed by atoms with E-state index < -0.39 is 0 Å². The number of carbonyl (C=O) groups is 2. The van der Waals surface area contributed by atoms with E-state index in [1.807, 2.05) is 49.5 Å². The number of rotatable bonds is 10. The van der Waals surface area contributed by atoms with Crippen LogP contribution in [-0.2, 0) is 16.0 Å². The lowest BCUT2D eigenvalue weighted by atomic mass is 10.1. The number of likely N-dealkylation sites (N-methyl/N-ethyl adjacent to an activating group) is 1.